The lowest BCUT2D eigenvalue weighted by Crippen LogP contribution is -2.30. The van der Waals surface area contributed by atoms with Gasteiger partial charge in [-0.05, 0) is 24.1 Å². The molecule has 7 heteroatoms. The molecule has 3 rings (SSSR count). The van der Waals surface area contributed by atoms with Gasteiger partial charge in [-0.25, -0.2) is 0 Å². The normalized spacial score (nSPS) is 15.8. The van der Waals surface area contributed by atoms with E-state index in [9.17, 15) is 19.8 Å². The number of ether oxygens (including phenoxy) is 3. The van der Waals surface area contributed by atoms with Crippen LogP contribution < -0.4 is 14.2 Å². The fourth-order valence-electron chi connectivity index (χ4n) is 2.90. The van der Waals surface area contributed by atoms with Crippen LogP contribution in [-0.2, 0) is 11.2 Å². The van der Waals surface area contributed by atoms with E-state index in [2.05, 4.69) is 0 Å². The molecule has 0 amide bonds. The predicted molar refractivity (Wildman–Crippen MR) is 91.1 cm³/mol. The molecule has 0 aromatic heterocycles. The van der Waals surface area contributed by atoms with Gasteiger partial charge in [0, 0.05) is 13.0 Å². The number of benzene rings is 2. The van der Waals surface area contributed by atoms with Crippen molar-refractivity contribution in [2.24, 2.45) is 5.92 Å². The lowest BCUT2D eigenvalue weighted by Gasteiger charge is -2.27. The van der Waals surface area contributed by atoms with Crippen LogP contribution in [0.3, 0.4) is 0 Å². The first-order chi connectivity index (χ1) is 12.4. The van der Waals surface area contributed by atoms with Gasteiger partial charge in [0.05, 0.1) is 19.6 Å². The van der Waals surface area contributed by atoms with Crippen molar-refractivity contribution in [2.75, 3.05) is 13.7 Å². The molecule has 1 atom stereocenters. The molecule has 0 bridgehead atoms. The summed E-state index contributed by atoms with van der Waals surface area (Å²) in [7, 11) is 1.35. The highest BCUT2D eigenvalue weighted by Crippen LogP contribution is 2.48. The molecule has 1 aliphatic heterocycles. The van der Waals surface area contributed by atoms with Crippen LogP contribution in [-0.4, -0.2) is 35.7 Å². The van der Waals surface area contributed by atoms with Gasteiger partial charge in [-0.3, -0.25) is 9.59 Å². The predicted octanol–water partition coefficient (Wildman–Crippen LogP) is 2.47. The summed E-state index contributed by atoms with van der Waals surface area (Å²) < 4.78 is 15.9. The minimum Gasteiger partial charge on any atom is -0.508 e. The zero-order valence-corrected chi connectivity index (χ0v) is 14.3. The minimum atomic E-state index is -0.599. The molecular weight excluding hydrogens is 340 g/mol. The number of carbonyl (C=O) groups is 2. The summed E-state index contributed by atoms with van der Waals surface area (Å²) in [5, 5.41) is 19.6. The first-order valence-electron chi connectivity index (χ1n) is 7.98. The Morgan fingerprint density at radius 2 is 1.96 bits per heavy atom. The third-order valence-electron chi connectivity index (χ3n) is 4.11. The van der Waals surface area contributed by atoms with Crippen LogP contribution in [0.4, 0.5) is 0 Å². The molecule has 136 valence electrons. The highest BCUT2D eigenvalue weighted by atomic mass is 16.6. The van der Waals surface area contributed by atoms with E-state index in [4.69, 9.17) is 14.2 Å². The molecular formula is C19H18O7. The Bertz CT molecular complexity index is 855. The number of methoxy groups -OCH3 is 1. The van der Waals surface area contributed by atoms with Crippen LogP contribution in [0.2, 0.25) is 0 Å². The van der Waals surface area contributed by atoms with Gasteiger partial charge < -0.3 is 24.4 Å². The Morgan fingerprint density at radius 3 is 2.58 bits per heavy atom. The van der Waals surface area contributed by atoms with E-state index in [1.165, 1.54) is 20.1 Å². The maximum atomic E-state index is 12.9. The quantitative estimate of drug-likeness (QED) is 0.639. The Balaban J connectivity index is 1.96. The number of rotatable bonds is 4. The third-order valence-corrected chi connectivity index (χ3v) is 4.11. The van der Waals surface area contributed by atoms with Crippen LogP contribution in [0.25, 0.3) is 0 Å². The van der Waals surface area contributed by atoms with Crippen molar-refractivity contribution in [3.63, 3.8) is 0 Å². The molecule has 0 unspecified atom stereocenters. The molecule has 0 fully saturated rings. The summed E-state index contributed by atoms with van der Waals surface area (Å²) in [6.45, 7) is 1.28. The molecule has 2 aromatic carbocycles. The Morgan fingerprint density at radius 1 is 1.27 bits per heavy atom. The molecule has 0 saturated carbocycles. The molecule has 0 radical (unpaired) electrons. The van der Waals surface area contributed by atoms with Crippen LogP contribution in [0.15, 0.2) is 30.3 Å². The highest BCUT2D eigenvalue weighted by Gasteiger charge is 2.36. The van der Waals surface area contributed by atoms with Crippen LogP contribution in [0.1, 0.15) is 22.8 Å². The molecule has 1 aliphatic rings. The lowest BCUT2D eigenvalue weighted by molar-refractivity contribution is -0.132. The molecule has 0 aliphatic carbocycles. The van der Waals surface area contributed by atoms with Gasteiger partial charge in [0.2, 0.25) is 5.75 Å². The highest BCUT2D eigenvalue weighted by molar-refractivity contribution is 6.05. The molecule has 0 spiro atoms. The number of phenols is 2. The van der Waals surface area contributed by atoms with Crippen molar-refractivity contribution in [3.8, 4) is 28.7 Å². The fourth-order valence-corrected chi connectivity index (χ4v) is 2.90. The maximum absolute atomic E-state index is 12.9. The number of esters is 1. The largest absolute Gasteiger partial charge is 0.508 e. The number of ketones is 1. The maximum Gasteiger partial charge on any atom is 0.308 e. The summed E-state index contributed by atoms with van der Waals surface area (Å²) >= 11 is 0. The van der Waals surface area contributed by atoms with Crippen LogP contribution >= 0.6 is 0 Å². The van der Waals surface area contributed by atoms with Gasteiger partial charge in [0.15, 0.2) is 17.3 Å². The van der Waals surface area contributed by atoms with Gasteiger partial charge in [-0.15, -0.1) is 0 Å². The van der Waals surface area contributed by atoms with Gasteiger partial charge in [0.1, 0.15) is 17.1 Å². The third kappa shape index (κ3) is 3.28. The van der Waals surface area contributed by atoms with Crippen molar-refractivity contribution >= 4 is 11.8 Å². The van der Waals surface area contributed by atoms with Crippen molar-refractivity contribution in [1.29, 1.82) is 0 Å². The minimum absolute atomic E-state index is 0.00371. The second kappa shape index (κ2) is 6.95. The average molecular weight is 358 g/mol. The van der Waals surface area contributed by atoms with Crippen LogP contribution in [0, 0.1) is 5.92 Å². The first kappa shape index (κ1) is 17.6. The van der Waals surface area contributed by atoms with Gasteiger partial charge in [-0.1, -0.05) is 12.1 Å². The van der Waals surface area contributed by atoms with E-state index in [-0.39, 0.29) is 46.7 Å². The molecule has 2 N–H and O–H groups in total. The van der Waals surface area contributed by atoms with E-state index < -0.39 is 11.9 Å². The standard InChI is InChI=1S/C19H18O7/c1-10(20)26-18-15(24-2)8-14(22)16-17(23)12(9-25-19(16)18)7-11-3-5-13(21)6-4-11/h3-6,8,12,21-22H,7,9H2,1-2H3/t12-/m1/s1. The number of carbonyl (C=O) groups excluding carboxylic acids is 2. The van der Waals surface area contributed by atoms with E-state index in [0.717, 1.165) is 5.56 Å². The Labute approximate surface area is 149 Å². The van der Waals surface area contributed by atoms with Gasteiger partial charge >= 0.3 is 5.97 Å². The monoisotopic (exact) mass is 358 g/mol. The topological polar surface area (TPSA) is 102 Å². The second-order valence-electron chi connectivity index (χ2n) is 5.97. The fraction of sp³-hybridized carbons (Fsp3) is 0.263. The van der Waals surface area contributed by atoms with Crippen LogP contribution in [0.5, 0.6) is 28.7 Å². The molecule has 2 aromatic rings. The molecule has 26 heavy (non-hydrogen) atoms. The summed E-state index contributed by atoms with van der Waals surface area (Å²) in [4.78, 5) is 24.2. The number of fused-ring (bicyclic) bond motifs is 1. The number of phenolic OH excluding ortho intramolecular Hbond substituents is 2. The summed E-state index contributed by atoms with van der Waals surface area (Å²) in [6.07, 6.45) is 0.382. The zero-order chi connectivity index (χ0) is 18.8. The number of Topliss-reactive ketones (excluding diaryl/α,β-unsaturated/α-hetero) is 1. The summed E-state index contributed by atoms with van der Waals surface area (Å²) in [5.74, 6) is -1.51. The number of hydrogen-bond donors (Lipinski definition) is 2. The van der Waals surface area contributed by atoms with Crippen molar-refractivity contribution in [2.45, 2.75) is 13.3 Å². The van der Waals surface area contributed by atoms with Gasteiger partial charge in [-0.2, -0.15) is 0 Å². The molecule has 1 heterocycles. The second-order valence-corrected chi connectivity index (χ2v) is 5.97. The molecule has 0 saturated heterocycles. The summed E-state index contributed by atoms with van der Waals surface area (Å²) in [5.41, 5.74) is 0.818. The Kier molecular flexibility index (Phi) is 4.71. The van der Waals surface area contributed by atoms with Gasteiger partial charge in [0.25, 0.3) is 0 Å². The lowest BCUT2D eigenvalue weighted by atomic mass is 9.89. The number of aromatic hydroxyl groups is 2. The first-order valence-corrected chi connectivity index (χ1v) is 7.98. The smallest absolute Gasteiger partial charge is 0.308 e. The van der Waals surface area contributed by atoms with Crippen molar-refractivity contribution in [3.05, 3.63) is 41.5 Å². The Hall–Kier alpha value is -3.22. The van der Waals surface area contributed by atoms with E-state index in [0.29, 0.717) is 6.42 Å². The summed E-state index contributed by atoms with van der Waals surface area (Å²) in [6, 6.07) is 7.74. The van der Waals surface area contributed by atoms with E-state index in [1.807, 2.05) is 0 Å². The zero-order valence-electron chi connectivity index (χ0n) is 14.3. The molecule has 7 nitrogen and oxygen atoms in total. The van der Waals surface area contributed by atoms with E-state index >= 15 is 0 Å². The van der Waals surface area contributed by atoms with Crippen molar-refractivity contribution in [1.82, 2.24) is 0 Å². The van der Waals surface area contributed by atoms with E-state index in [1.54, 1.807) is 24.3 Å². The SMILES string of the molecule is COc1cc(O)c2c(c1OC(C)=O)OC[C@@H](Cc1ccc(O)cc1)C2=O. The average Bonchev–Trinajstić information content (AvgIpc) is 2.60. The van der Waals surface area contributed by atoms with Crippen molar-refractivity contribution < 1.29 is 34.0 Å². The number of hydrogen-bond acceptors (Lipinski definition) is 7.